The molecule has 8 heteroatoms. The Morgan fingerprint density at radius 3 is 2.91 bits per heavy atom. The highest BCUT2D eigenvalue weighted by Crippen LogP contribution is 2.39. The normalized spacial score (nSPS) is 21.8. The number of aliphatic hydroxyl groups is 1. The van der Waals surface area contributed by atoms with Crippen molar-refractivity contribution in [1.29, 1.82) is 0 Å². The second kappa shape index (κ2) is 5.47. The summed E-state index contributed by atoms with van der Waals surface area (Å²) in [6.45, 7) is 0. The number of hydrogen-bond donors (Lipinski definition) is 4. The fraction of sp³-hybridized carbons (Fsp3) is 0.333. The molecule has 1 fully saturated rings. The van der Waals surface area contributed by atoms with Crippen molar-refractivity contribution in [3.63, 3.8) is 0 Å². The van der Waals surface area contributed by atoms with Crippen molar-refractivity contribution in [3.8, 4) is 0 Å². The minimum atomic E-state index is -0.238. The van der Waals surface area contributed by atoms with E-state index in [0.29, 0.717) is 11.5 Å². The molecule has 1 unspecified atom stereocenters. The number of H-pyrrole nitrogens is 1. The number of nitrogens with two attached hydrogens (primary N) is 1. The number of fused-ring (bicyclic) bond motifs is 1. The van der Waals surface area contributed by atoms with Gasteiger partial charge in [-0.05, 0) is 30.9 Å². The molecular weight excluding hydrogens is 294 g/mol. The van der Waals surface area contributed by atoms with Crippen molar-refractivity contribution < 1.29 is 5.11 Å². The van der Waals surface area contributed by atoms with E-state index in [9.17, 15) is 5.11 Å². The van der Waals surface area contributed by atoms with E-state index in [-0.39, 0.29) is 24.0 Å². The zero-order valence-corrected chi connectivity index (χ0v) is 12.3. The molecule has 118 valence electrons. The van der Waals surface area contributed by atoms with Crippen LogP contribution in [0.15, 0.2) is 30.6 Å². The molecule has 0 bridgehead atoms. The Labute approximate surface area is 132 Å². The van der Waals surface area contributed by atoms with E-state index in [4.69, 9.17) is 5.73 Å². The number of pyridine rings is 1. The molecule has 0 amide bonds. The van der Waals surface area contributed by atoms with E-state index < -0.39 is 0 Å². The summed E-state index contributed by atoms with van der Waals surface area (Å²) in [6.07, 6.45) is 4.67. The topological polar surface area (TPSA) is 126 Å². The Bertz CT molecular complexity index is 813. The molecule has 0 spiro atoms. The summed E-state index contributed by atoms with van der Waals surface area (Å²) in [4.78, 5) is 12.9. The third-order valence-electron chi connectivity index (χ3n) is 4.25. The van der Waals surface area contributed by atoms with Gasteiger partial charge in [0.05, 0.1) is 29.4 Å². The van der Waals surface area contributed by atoms with Crippen molar-refractivity contribution in [1.82, 2.24) is 25.1 Å². The molecule has 3 aromatic heterocycles. The number of aromatic nitrogens is 5. The maximum absolute atomic E-state index is 9.65. The van der Waals surface area contributed by atoms with Crippen molar-refractivity contribution in [3.05, 3.63) is 36.3 Å². The lowest BCUT2D eigenvalue weighted by atomic mass is 9.76. The van der Waals surface area contributed by atoms with Crippen molar-refractivity contribution in [2.45, 2.75) is 25.0 Å². The highest BCUT2D eigenvalue weighted by atomic mass is 16.3. The average Bonchev–Trinajstić information content (AvgIpc) is 2.99. The zero-order valence-electron chi connectivity index (χ0n) is 12.3. The SMILES string of the molecule is Nc1nc(NC(c2ccccn2)C2CC(O)C2)c2cn[nH]c2n1. The first-order chi connectivity index (χ1) is 11.2. The number of rotatable bonds is 4. The molecule has 0 aliphatic heterocycles. The van der Waals surface area contributed by atoms with Crippen molar-refractivity contribution in [2.24, 2.45) is 5.92 Å². The molecule has 0 aromatic carbocycles. The van der Waals surface area contributed by atoms with Gasteiger partial charge in [-0.25, -0.2) is 0 Å². The van der Waals surface area contributed by atoms with Crippen LogP contribution < -0.4 is 11.1 Å². The molecule has 0 radical (unpaired) electrons. The van der Waals surface area contributed by atoms with Crippen LogP contribution in [-0.2, 0) is 0 Å². The van der Waals surface area contributed by atoms with Gasteiger partial charge < -0.3 is 16.2 Å². The molecule has 4 rings (SSSR count). The van der Waals surface area contributed by atoms with Gasteiger partial charge in [-0.1, -0.05) is 6.07 Å². The molecule has 1 saturated carbocycles. The van der Waals surface area contributed by atoms with Crippen LogP contribution in [-0.4, -0.2) is 36.4 Å². The molecule has 5 N–H and O–H groups in total. The molecule has 3 heterocycles. The second-order valence-electron chi connectivity index (χ2n) is 5.82. The van der Waals surface area contributed by atoms with Crippen molar-refractivity contribution in [2.75, 3.05) is 11.1 Å². The van der Waals surface area contributed by atoms with E-state index in [1.807, 2.05) is 18.2 Å². The Morgan fingerprint density at radius 1 is 1.30 bits per heavy atom. The minimum absolute atomic E-state index is 0.0491. The molecule has 1 atom stereocenters. The van der Waals surface area contributed by atoms with Gasteiger partial charge in [0.25, 0.3) is 0 Å². The van der Waals surface area contributed by atoms with Crippen LogP contribution in [0.2, 0.25) is 0 Å². The maximum atomic E-state index is 9.65. The van der Waals surface area contributed by atoms with Crippen LogP contribution >= 0.6 is 0 Å². The van der Waals surface area contributed by atoms with E-state index in [2.05, 4.69) is 30.5 Å². The van der Waals surface area contributed by atoms with E-state index in [0.717, 1.165) is 23.9 Å². The summed E-state index contributed by atoms with van der Waals surface area (Å²) in [5.41, 5.74) is 7.28. The number of hydrogen-bond acceptors (Lipinski definition) is 7. The highest BCUT2D eigenvalue weighted by Gasteiger charge is 2.36. The summed E-state index contributed by atoms with van der Waals surface area (Å²) < 4.78 is 0. The highest BCUT2D eigenvalue weighted by molar-refractivity contribution is 5.86. The van der Waals surface area contributed by atoms with E-state index >= 15 is 0 Å². The maximum Gasteiger partial charge on any atom is 0.224 e. The van der Waals surface area contributed by atoms with Crippen LogP contribution in [0.3, 0.4) is 0 Å². The third-order valence-corrected chi connectivity index (χ3v) is 4.25. The number of aliphatic hydroxyl groups excluding tert-OH is 1. The van der Waals surface area contributed by atoms with Gasteiger partial charge in [0.15, 0.2) is 5.65 Å². The third kappa shape index (κ3) is 2.57. The first-order valence-corrected chi connectivity index (χ1v) is 7.53. The zero-order chi connectivity index (χ0) is 15.8. The first kappa shape index (κ1) is 13.9. The monoisotopic (exact) mass is 311 g/mol. The lowest BCUT2D eigenvalue weighted by Gasteiger charge is -2.38. The summed E-state index contributed by atoms with van der Waals surface area (Å²) in [6, 6.07) is 5.76. The standard InChI is InChI=1S/C15H17N7O/c16-15-20-13(10-7-18-22-14(10)21-15)19-12(8-5-9(23)6-8)11-3-1-2-4-17-11/h1-4,7-9,12,23H,5-6H2,(H4,16,18,19,20,21,22). The van der Waals surface area contributed by atoms with E-state index in [1.165, 1.54) is 0 Å². The van der Waals surface area contributed by atoms with Crippen LogP contribution in [0.5, 0.6) is 0 Å². The fourth-order valence-corrected chi connectivity index (χ4v) is 3.00. The van der Waals surface area contributed by atoms with Gasteiger partial charge in [0.2, 0.25) is 5.95 Å². The lowest BCUT2D eigenvalue weighted by Crippen LogP contribution is -2.36. The first-order valence-electron chi connectivity index (χ1n) is 7.53. The van der Waals surface area contributed by atoms with Crippen LogP contribution in [0.1, 0.15) is 24.6 Å². The molecule has 0 saturated heterocycles. The molecular formula is C15H17N7O. The summed E-state index contributed by atoms with van der Waals surface area (Å²) in [5, 5.41) is 20.7. The number of anilines is 2. The summed E-state index contributed by atoms with van der Waals surface area (Å²) in [5.74, 6) is 1.09. The van der Waals surface area contributed by atoms with Gasteiger partial charge in [-0.2, -0.15) is 15.1 Å². The molecule has 23 heavy (non-hydrogen) atoms. The quantitative estimate of drug-likeness (QED) is 0.571. The predicted molar refractivity (Wildman–Crippen MR) is 85.4 cm³/mol. The summed E-state index contributed by atoms with van der Waals surface area (Å²) in [7, 11) is 0. The number of nitrogens with one attached hydrogen (secondary N) is 2. The van der Waals surface area contributed by atoms with Gasteiger partial charge in [0.1, 0.15) is 5.82 Å². The lowest BCUT2D eigenvalue weighted by molar-refractivity contribution is 0.0334. The predicted octanol–water partition coefficient (Wildman–Crippen LogP) is 1.25. The van der Waals surface area contributed by atoms with Crippen LogP contribution in [0.25, 0.3) is 11.0 Å². The Kier molecular flexibility index (Phi) is 3.30. The van der Waals surface area contributed by atoms with Gasteiger partial charge in [-0.15, -0.1) is 0 Å². The van der Waals surface area contributed by atoms with E-state index in [1.54, 1.807) is 12.4 Å². The Hall–Kier alpha value is -2.74. The second-order valence-corrected chi connectivity index (χ2v) is 5.82. The summed E-state index contributed by atoms with van der Waals surface area (Å²) >= 11 is 0. The van der Waals surface area contributed by atoms with Gasteiger partial charge in [0, 0.05) is 6.20 Å². The van der Waals surface area contributed by atoms with Gasteiger partial charge in [-0.3, -0.25) is 10.1 Å². The molecule has 1 aliphatic carbocycles. The molecule has 8 nitrogen and oxygen atoms in total. The molecule has 3 aromatic rings. The Balaban J connectivity index is 1.71. The number of nitrogens with zero attached hydrogens (tertiary/aromatic N) is 4. The van der Waals surface area contributed by atoms with Crippen molar-refractivity contribution >= 4 is 22.8 Å². The number of nitrogen functional groups attached to an aromatic ring is 1. The van der Waals surface area contributed by atoms with Gasteiger partial charge >= 0.3 is 0 Å². The smallest absolute Gasteiger partial charge is 0.224 e. The average molecular weight is 311 g/mol. The van der Waals surface area contributed by atoms with Crippen LogP contribution in [0, 0.1) is 5.92 Å². The van der Waals surface area contributed by atoms with Crippen LogP contribution in [0.4, 0.5) is 11.8 Å². The Morgan fingerprint density at radius 2 is 2.17 bits per heavy atom. The minimum Gasteiger partial charge on any atom is -0.393 e. The number of aromatic amines is 1. The fourth-order valence-electron chi connectivity index (χ4n) is 3.00. The molecule has 1 aliphatic rings. The largest absolute Gasteiger partial charge is 0.393 e.